The molecule has 0 aliphatic carbocycles. The van der Waals surface area contributed by atoms with Crippen LogP contribution >= 0.6 is 11.6 Å². The Morgan fingerprint density at radius 3 is 2.87 bits per heavy atom. The molecule has 1 fully saturated rings. The van der Waals surface area contributed by atoms with Crippen LogP contribution < -0.4 is 10.6 Å². The molecule has 2 aromatic heterocycles. The molecule has 23 heavy (non-hydrogen) atoms. The molecule has 126 valence electrons. The highest BCUT2D eigenvalue weighted by Crippen LogP contribution is 2.30. The molecule has 0 bridgehead atoms. The molecule has 6 nitrogen and oxygen atoms in total. The molecule has 3 rings (SSSR count). The monoisotopic (exact) mass is 342 g/mol. The van der Waals surface area contributed by atoms with E-state index in [9.17, 15) is 9.18 Å². The fraction of sp³-hybridized carbons (Fsp3) is 0.533. The minimum atomic E-state index is -1.27. The zero-order valence-electron chi connectivity index (χ0n) is 13.6. The summed E-state index contributed by atoms with van der Waals surface area (Å²) in [6, 6.07) is 0. The first-order valence-corrected chi connectivity index (χ1v) is 7.90. The van der Waals surface area contributed by atoms with E-state index < -0.39 is 12.0 Å². The number of fused-ring (bicyclic) bond motifs is 1. The van der Waals surface area contributed by atoms with Gasteiger partial charge in [-0.05, 0) is 6.92 Å². The third kappa shape index (κ3) is 3.30. The van der Waals surface area contributed by atoms with Crippen LogP contribution in [0.2, 0.25) is 5.15 Å². The summed E-state index contributed by atoms with van der Waals surface area (Å²) in [6.07, 6.45) is 0.210. The zero-order valence-corrected chi connectivity index (χ0v) is 14.3. The lowest BCUT2D eigenvalue weighted by atomic mass is 10.1. The number of aromatic nitrogens is 3. The third-order valence-electron chi connectivity index (χ3n) is 3.59. The summed E-state index contributed by atoms with van der Waals surface area (Å²) in [6.45, 7) is 7.85. The van der Waals surface area contributed by atoms with Crippen LogP contribution in [0, 0.1) is 12.8 Å². The van der Waals surface area contributed by atoms with E-state index in [1.165, 1.54) is 11.1 Å². The molecular weight excluding hydrogens is 323 g/mol. The highest BCUT2D eigenvalue weighted by Gasteiger charge is 2.31. The van der Waals surface area contributed by atoms with E-state index in [4.69, 9.17) is 16.3 Å². The van der Waals surface area contributed by atoms with E-state index in [0.717, 1.165) is 0 Å². The highest BCUT2D eigenvalue weighted by molar-refractivity contribution is 6.31. The molecule has 3 heterocycles. The molecule has 2 atom stereocenters. The average Bonchev–Trinajstić information content (AvgIpc) is 2.55. The number of hydrogen-bond donors (Lipinski definition) is 1. The number of aryl methyl sites for hydroxylation is 1. The predicted octanol–water partition coefficient (Wildman–Crippen LogP) is 3.03. The second-order valence-corrected chi connectivity index (χ2v) is 5.51. The Bertz CT molecular complexity index is 752. The standard InChI is InChI=1S/C13H14ClFN4O2.C2H6/c1-6-4-21-5-19(11(6)15)12-8-3-16-10(14)7(2)9(8)17-13(20)18-12;1-2/h3,6,11H,4-5H2,1-2H3,(H,17,18,20);1-2H3. The molecule has 1 N–H and O–H groups in total. The van der Waals surface area contributed by atoms with Gasteiger partial charge in [-0.15, -0.1) is 0 Å². The van der Waals surface area contributed by atoms with Gasteiger partial charge in [0.25, 0.3) is 0 Å². The van der Waals surface area contributed by atoms with Crippen molar-refractivity contribution in [3.8, 4) is 0 Å². The van der Waals surface area contributed by atoms with Crippen molar-refractivity contribution in [3.63, 3.8) is 0 Å². The van der Waals surface area contributed by atoms with Gasteiger partial charge >= 0.3 is 5.69 Å². The predicted molar refractivity (Wildman–Crippen MR) is 88.6 cm³/mol. The number of hydrogen-bond acceptors (Lipinski definition) is 5. The van der Waals surface area contributed by atoms with Crippen LogP contribution in [0.5, 0.6) is 0 Å². The number of nitrogens with zero attached hydrogens (tertiary/aromatic N) is 3. The summed E-state index contributed by atoms with van der Waals surface area (Å²) in [5.41, 5.74) is 0.569. The maximum atomic E-state index is 14.4. The summed E-state index contributed by atoms with van der Waals surface area (Å²) in [5.74, 6) is -0.0867. The van der Waals surface area contributed by atoms with Gasteiger partial charge in [-0.25, -0.2) is 14.2 Å². The maximum Gasteiger partial charge on any atom is 0.347 e. The van der Waals surface area contributed by atoms with Gasteiger partial charge < -0.3 is 14.6 Å². The summed E-state index contributed by atoms with van der Waals surface area (Å²) < 4.78 is 19.8. The Labute approximate surface area is 138 Å². The smallest absolute Gasteiger partial charge is 0.347 e. The molecule has 0 spiro atoms. The molecule has 2 aromatic rings. The van der Waals surface area contributed by atoms with E-state index in [2.05, 4.69) is 15.0 Å². The minimum Gasteiger partial charge on any atom is -0.361 e. The third-order valence-corrected chi connectivity index (χ3v) is 3.97. The highest BCUT2D eigenvalue weighted by atomic mass is 35.5. The fourth-order valence-electron chi connectivity index (χ4n) is 2.40. The Morgan fingerprint density at radius 2 is 2.17 bits per heavy atom. The van der Waals surface area contributed by atoms with Crippen LogP contribution in [0.4, 0.5) is 10.2 Å². The van der Waals surface area contributed by atoms with Crippen molar-refractivity contribution in [2.75, 3.05) is 18.2 Å². The van der Waals surface area contributed by atoms with Crippen molar-refractivity contribution < 1.29 is 9.13 Å². The summed E-state index contributed by atoms with van der Waals surface area (Å²) in [5, 5.41) is 0.826. The lowest BCUT2D eigenvalue weighted by Gasteiger charge is -2.35. The van der Waals surface area contributed by atoms with Gasteiger partial charge in [0.1, 0.15) is 17.7 Å². The summed E-state index contributed by atoms with van der Waals surface area (Å²) >= 11 is 5.96. The van der Waals surface area contributed by atoms with E-state index >= 15 is 0 Å². The van der Waals surface area contributed by atoms with Crippen molar-refractivity contribution >= 4 is 28.3 Å². The van der Waals surface area contributed by atoms with Crippen molar-refractivity contribution in [3.05, 3.63) is 27.4 Å². The SMILES string of the molecule is CC.Cc1c(Cl)ncc2c(N3COCC(C)C3F)nc(=O)[nH]c12. The number of ether oxygens (including phenoxy) is 1. The quantitative estimate of drug-likeness (QED) is 0.637. The molecular formula is C15H20ClFN4O2. The van der Waals surface area contributed by atoms with Gasteiger partial charge in [0.15, 0.2) is 6.30 Å². The van der Waals surface area contributed by atoms with Crippen LogP contribution in [-0.4, -0.2) is 34.6 Å². The van der Waals surface area contributed by atoms with Gasteiger partial charge in [0, 0.05) is 17.7 Å². The van der Waals surface area contributed by atoms with Gasteiger partial charge in [0.2, 0.25) is 0 Å². The average molecular weight is 343 g/mol. The molecule has 0 aromatic carbocycles. The fourth-order valence-corrected chi connectivity index (χ4v) is 2.54. The van der Waals surface area contributed by atoms with E-state index in [-0.39, 0.29) is 23.6 Å². The Kier molecular flexibility index (Phi) is 5.54. The van der Waals surface area contributed by atoms with Crippen LogP contribution in [0.15, 0.2) is 11.0 Å². The second-order valence-electron chi connectivity index (χ2n) is 5.15. The molecule has 8 heteroatoms. The van der Waals surface area contributed by atoms with Crippen molar-refractivity contribution in [2.45, 2.75) is 34.0 Å². The molecule has 0 amide bonds. The first-order chi connectivity index (χ1) is 11.0. The number of nitrogens with one attached hydrogen (secondary N) is 1. The van der Waals surface area contributed by atoms with E-state index in [0.29, 0.717) is 23.1 Å². The van der Waals surface area contributed by atoms with Crippen molar-refractivity contribution in [1.29, 1.82) is 0 Å². The summed E-state index contributed by atoms with van der Waals surface area (Å²) in [7, 11) is 0. The molecule has 0 radical (unpaired) electrons. The Morgan fingerprint density at radius 1 is 1.48 bits per heavy atom. The second kappa shape index (κ2) is 7.23. The topological polar surface area (TPSA) is 71.1 Å². The number of anilines is 1. The van der Waals surface area contributed by atoms with Gasteiger partial charge in [0.05, 0.1) is 17.5 Å². The van der Waals surface area contributed by atoms with Crippen LogP contribution in [0.3, 0.4) is 0 Å². The number of pyridine rings is 1. The van der Waals surface area contributed by atoms with E-state index in [1.54, 1.807) is 13.8 Å². The van der Waals surface area contributed by atoms with Gasteiger partial charge in [-0.1, -0.05) is 32.4 Å². The molecule has 1 saturated heterocycles. The normalized spacial score (nSPS) is 21.0. The van der Waals surface area contributed by atoms with Crippen LogP contribution in [0.25, 0.3) is 10.9 Å². The van der Waals surface area contributed by atoms with Crippen molar-refractivity contribution in [2.24, 2.45) is 5.92 Å². The minimum absolute atomic E-state index is 0.0404. The maximum absolute atomic E-state index is 14.4. The molecule has 1 aliphatic heterocycles. The molecule has 0 saturated carbocycles. The van der Waals surface area contributed by atoms with Crippen LogP contribution in [-0.2, 0) is 4.74 Å². The molecule has 1 aliphatic rings. The number of alkyl halides is 1. The lowest BCUT2D eigenvalue weighted by Crippen LogP contribution is -2.46. The summed E-state index contributed by atoms with van der Waals surface area (Å²) in [4.78, 5) is 23.7. The first kappa shape index (κ1) is 17.6. The van der Waals surface area contributed by atoms with E-state index in [1.807, 2.05) is 13.8 Å². The Balaban J connectivity index is 0.000000924. The largest absolute Gasteiger partial charge is 0.361 e. The van der Waals surface area contributed by atoms with Crippen molar-refractivity contribution in [1.82, 2.24) is 15.0 Å². The number of H-pyrrole nitrogens is 1. The molecule has 2 unspecified atom stereocenters. The van der Waals surface area contributed by atoms with Gasteiger partial charge in [-0.2, -0.15) is 4.98 Å². The van der Waals surface area contributed by atoms with Crippen LogP contribution in [0.1, 0.15) is 26.3 Å². The lowest BCUT2D eigenvalue weighted by molar-refractivity contribution is 0.0116. The number of halogens is 2. The first-order valence-electron chi connectivity index (χ1n) is 7.52. The van der Waals surface area contributed by atoms with Gasteiger partial charge in [-0.3, -0.25) is 0 Å². The number of aromatic amines is 1. The Hall–Kier alpha value is -1.73. The zero-order chi connectivity index (χ0) is 17.1. The number of rotatable bonds is 1.